The molecule has 0 amide bonds. The van der Waals surface area contributed by atoms with Crippen LogP contribution in [-0.4, -0.2) is 31.9 Å². The molecule has 0 aliphatic carbocycles. The van der Waals surface area contributed by atoms with Gasteiger partial charge in [0, 0.05) is 5.41 Å². The third-order valence-corrected chi connectivity index (χ3v) is 4.14. The minimum Gasteiger partial charge on any atom is -0.496 e. The van der Waals surface area contributed by atoms with Crippen molar-refractivity contribution in [2.75, 3.05) is 26.8 Å². The first-order valence-corrected chi connectivity index (χ1v) is 6.75. The highest BCUT2D eigenvalue weighted by atomic mass is 16.5. The Morgan fingerprint density at radius 1 is 1.33 bits per heavy atom. The summed E-state index contributed by atoms with van der Waals surface area (Å²) in [7, 11) is 1.71. The maximum Gasteiger partial charge on any atom is 0.122 e. The van der Waals surface area contributed by atoms with Gasteiger partial charge < -0.3 is 15.2 Å². The summed E-state index contributed by atoms with van der Waals surface area (Å²) in [4.78, 5) is 0. The van der Waals surface area contributed by atoms with Crippen LogP contribution in [0.3, 0.4) is 0 Å². The second kappa shape index (κ2) is 5.72. The summed E-state index contributed by atoms with van der Waals surface area (Å²) in [5.41, 5.74) is 2.41. The zero-order valence-corrected chi connectivity index (χ0v) is 11.3. The lowest BCUT2D eigenvalue weighted by Gasteiger charge is -2.37. The van der Waals surface area contributed by atoms with Crippen molar-refractivity contribution in [3.63, 3.8) is 0 Å². The third kappa shape index (κ3) is 2.38. The monoisotopic (exact) mass is 249 g/mol. The van der Waals surface area contributed by atoms with Crippen LogP contribution in [0, 0.1) is 0 Å². The molecule has 100 valence electrons. The number of benzene rings is 1. The molecule has 1 fully saturated rings. The topological polar surface area (TPSA) is 41.5 Å². The quantitative estimate of drug-likeness (QED) is 0.856. The predicted octanol–water partition coefficient (Wildman–Crippen LogP) is 1.87. The Hall–Kier alpha value is -1.06. The Kier molecular flexibility index (Phi) is 4.25. The maximum atomic E-state index is 9.83. The molecule has 3 heteroatoms. The second-order valence-corrected chi connectivity index (χ2v) is 5.07. The minimum atomic E-state index is -0.0680. The fraction of sp³-hybridized carbons (Fsp3) is 0.600. The minimum absolute atomic E-state index is 0.0680. The molecule has 3 nitrogen and oxygen atoms in total. The highest BCUT2D eigenvalue weighted by Gasteiger charge is 2.33. The van der Waals surface area contributed by atoms with Crippen molar-refractivity contribution in [3.8, 4) is 5.75 Å². The largest absolute Gasteiger partial charge is 0.496 e. The van der Waals surface area contributed by atoms with Crippen molar-refractivity contribution < 1.29 is 9.84 Å². The standard InChI is InChI=1S/C15H23NO2/c1-3-12-10-13(4-5-14(12)18-2)15(11-17)6-8-16-9-7-15/h4-5,10,16-17H,3,6-9,11H2,1-2H3. The summed E-state index contributed by atoms with van der Waals surface area (Å²) in [5, 5.41) is 13.2. The second-order valence-electron chi connectivity index (χ2n) is 5.07. The first kappa shape index (κ1) is 13.4. The molecule has 18 heavy (non-hydrogen) atoms. The van der Waals surface area contributed by atoms with E-state index >= 15 is 0 Å². The van der Waals surface area contributed by atoms with Crippen LogP contribution in [0.25, 0.3) is 0 Å². The van der Waals surface area contributed by atoms with E-state index in [2.05, 4.69) is 24.4 Å². The van der Waals surface area contributed by atoms with Gasteiger partial charge in [0.1, 0.15) is 5.75 Å². The maximum absolute atomic E-state index is 9.83. The van der Waals surface area contributed by atoms with E-state index in [1.54, 1.807) is 7.11 Å². The van der Waals surface area contributed by atoms with Gasteiger partial charge in [-0.05, 0) is 49.5 Å². The average Bonchev–Trinajstić information content (AvgIpc) is 2.47. The number of aliphatic hydroxyl groups excluding tert-OH is 1. The fourth-order valence-electron chi connectivity index (χ4n) is 2.83. The highest BCUT2D eigenvalue weighted by molar-refractivity contribution is 5.40. The molecule has 0 bridgehead atoms. The number of ether oxygens (including phenoxy) is 1. The van der Waals surface area contributed by atoms with Crippen LogP contribution < -0.4 is 10.1 Å². The van der Waals surface area contributed by atoms with Gasteiger partial charge in [0.2, 0.25) is 0 Å². The summed E-state index contributed by atoms with van der Waals surface area (Å²) in [6, 6.07) is 6.35. The van der Waals surface area contributed by atoms with Crippen LogP contribution in [0.4, 0.5) is 0 Å². The molecular formula is C15H23NO2. The number of hydrogen-bond donors (Lipinski definition) is 2. The summed E-state index contributed by atoms with van der Waals surface area (Å²) < 4.78 is 5.37. The van der Waals surface area contributed by atoms with Crippen molar-refractivity contribution >= 4 is 0 Å². The van der Waals surface area contributed by atoms with E-state index in [4.69, 9.17) is 4.74 Å². The van der Waals surface area contributed by atoms with Gasteiger partial charge in [-0.2, -0.15) is 0 Å². The molecule has 1 aliphatic rings. The summed E-state index contributed by atoms with van der Waals surface area (Å²) in [5.74, 6) is 0.947. The van der Waals surface area contributed by atoms with Crippen LogP contribution in [0.2, 0.25) is 0 Å². The van der Waals surface area contributed by atoms with E-state index in [1.807, 2.05) is 6.07 Å². The molecule has 2 N–H and O–H groups in total. The Labute approximate surface area is 109 Å². The molecule has 1 aliphatic heterocycles. The fourth-order valence-corrected chi connectivity index (χ4v) is 2.83. The number of hydrogen-bond acceptors (Lipinski definition) is 3. The molecule has 0 spiro atoms. The highest BCUT2D eigenvalue weighted by Crippen LogP contribution is 2.35. The molecule has 0 atom stereocenters. The lowest BCUT2D eigenvalue weighted by Crippen LogP contribution is -2.42. The molecule has 1 heterocycles. The van der Waals surface area contributed by atoms with Gasteiger partial charge >= 0.3 is 0 Å². The van der Waals surface area contributed by atoms with E-state index in [1.165, 1.54) is 11.1 Å². The SMILES string of the molecule is CCc1cc(C2(CO)CCNCC2)ccc1OC. The molecule has 0 saturated carbocycles. The predicted molar refractivity (Wildman–Crippen MR) is 73.2 cm³/mol. The van der Waals surface area contributed by atoms with Gasteiger partial charge in [-0.3, -0.25) is 0 Å². The lowest BCUT2D eigenvalue weighted by molar-refractivity contribution is 0.158. The Bertz CT molecular complexity index is 397. The number of methoxy groups -OCH3 is 1. The number of piperidine rings is 1. The Morgan fingerprint density at radius 2 is 2.06 bits per heavy atom. The molecule has 1 aromatic carbocycles. The van der Waals surface area contributed by atoms with E-state index < -0.39 is 0 Å². The summed E-state index contributed by atoms with van der Waals surface area (Å²) >= 11 is 0. The zero-order valence-electron chi connectivity index (χ0n) is 11.3. The molecule has 1 aromatic rings. The van der Waals surface area contributed by atoms with Crippen LogP contribution in [-0.2, 0) is 11.8 Å². The first-order valence-electron chi connectivity index (χ1n) is 6.75. The van der Waals surface area contributed by atoms with Gasteiger partial charge in [0.05, 0.1) is 13.7 Å². The molecule has 0 aromatic heterocycles. The van der Waals surface area contributed by atoms with Crippen molar-refractivity contribution in [2.45, 2.75) is 31.6 Å². The number of rotatable bonds is 4. The van der Waals surface area contributed by atoms with Crippen LogP contribution >= 0.6 is 0 Å². The van der Waals surface area contributed by atoms with Crippen molar-refractivity contribution in [1.82, 2.24) is 5.32 Å². The normalized spacial score (nSPS) is 18.6. The van der Waals surface area contributed by atoms with Crippen molar-refractivity contribution in [2.24, 2.45) is 0 Å². The number of nitrogens with one attached hydrogen (secondary N) is 1. The van der Waals surface area contributed by atoms with Gasteiger partial charge in [-0.15, -0.1) is 0 Å². The van der Waals surface area contributed by atoms with Gasteiger partial charge in [0.25, 0.3) is 0 Å². The number of aliphatic hydroxyl groups is 1. The van der Waals surface area contributed by atoms with Gasteiger partial charge in [0.15, 0.2) is 0 Å². The molecule has 1 saturated heterocycles. The van der Waals surface area contributed by atoms with Crippen LogP contribution in [0.15, 0.2) is 18.2 Å². The molecular weight excluding hydrogens is 226 g/mol. The third-order valence-electron chi connectivity index (χ3n) is 4.14. The van der Waals surface area contributed by atoms with Crippen molar-refractivity contribution in [1.29, 1.82) is 0 Å². The Balaban J connectivity index is 2.36. The van der Waals surface area contributed by atoms with Crippen molar-refractivity contribution in [3.05, 3.63) is 29.3 Å². The molecule has 2 rings (SSSR count). The molecule has 0 radical (unpaired) electrons. The Morgan fingerprint density at radius 3 is 2.61 bits per heavy atom. The zero-order chi connectivity index (χ0) is 13.0. The molecule has 0 unspecified atom stereocenters. The summed E-state index contributed by atoms with van der Waals surface area (Å²) in [6.45, 7) is 4.32. The van der Waals surface area contributed by atoms with E-state index in [0.717, 1.165) is 38.1 Å². The van der Waals surface area contributed by atoms with Gasteiger partial charge in [-0.25, -0.2) is 0 Å². The van der Waals surface area contributed by atoms with Crippen LogP contribution in [0.1, 0.15) is 30.9 Å². The van der Waals surface area contributed by atoms with Gasteiger partial charge in [-0.1, -0.05) is 19.1 Å². The first-order chi connectivity index (χ1) is 8.75. The number of aryl methyl sites for hydroxylation is 1. The lowest BCUT2D eigenvalue weighted by atomic mass is 9.73. The smallest absolute Gasteiger partial charge is 0.122 e. The average molecular weight is 249 g/mol. The van der Waals surface area contributed by atoms with E-state index in [-0.39, 0.29) is 12.0 Å². The summed E-state index contributed by atoms with van der Waals surface area (Å²) in [6.07, 6.45) is 2.95. The van der Waals surface area contributed by atoms with Crippen LogP contribution in [0.5, 0.6) is 5.75 Å². The van der Waals surface area contributed by atoms with E-state index in [0.29, 0.717) is 0 Å². The van der Waals surface area contributed by atoms with E-state index in [9.17, 15) is 5.11 Å².